The van der Waals surface area contributed by atoms with E-state index in [2.05, 4.69) is 5.16 Å². The number of benzene rings is 1. The third-order valence-electron chi connectivity index (χ3n) is 3.08. The van der Waals surface area contributed by atoms with Crippen LogP contribution in [0.2, 0.25) is 0 Å². The normalized spacial score (nSPS) is 10.3. The summed E-state index contributed by atoms with van der Waals surface area (Å²) in [7, 11) is 0. The molecule has 0 aliphatic rings. The lowest BCUT2D eigenvalue weighted by Crippen LogP contribution is -2.14. The average molecular weight is 327 g/mol. The van der Waals surface area contributed by atoms with E-state index in [1.54, 1.807) is 42.5 Å². The minimum atomic E-state index is -0.544. The van der Waals surface area contributed by atoms with Gasteiger partial charge in [0.1, 0.15) is 24.3 Å². The van der Waals surface area contributed by atoms with Gasteiger partial charge in [-0.3, -0.25) is 4.79 Å². The Morgan fingerprint density at radius 1 is 1.17 bits per heavy atom. The van der Waals surface area contributed by atoms with Crippen molar-refractivity contribution in [1.29, 1.82) is 0 Å². The van der Waals surface area contributed by atoms with Crippen LogP contribution in [0.5, 0.6) is 5.75 Å². The zero-order chi connectivity index (χ0) is 16.8. The molecule has 0 saturated heterocycles. The molecule has 0 atom stereocenters. The highest BCUT2D eigenvalue weighted by Crippen LogP contribution is 2.20. The van der Waals surface area contributed by atoms with E-state index in [0.717, 1.165) is 6.29 Å². The first-order valence-corrected chi connectivity index (χ1v) is 7.08. The van der Waals surface area contributed by atoms with Gasteiger partial charge < -0.3 is 18.4 Å². The molecule has 2 heterocycles. The first-order valence-electron chi connectivity index (χ1n) is 7.08. The molecule has 122 valence electrons. The minimum absolute atomic E-state index is 0.0313. The van der Waals surface area contributed by atoms with Gasteiger partial charge in [-0.15, -0.1) is 0 Å². The molecule has 3 rings (SSSR count). The predicted molar refractivity (Wildman–Crippen MR) is 81.3 cm³/mol. The Kier molecular flexibility index (Phi) is 4.71. The number of esters is 1. The van der Waals surface area contributed by atoms with E-state index in [-0.39, 0.29) is 13.2 Å². The SMILES string of the molecule is O=Cc1ccc(OCC(=O)OCc2cc(-c3ccco3)on2)cc1. The van der Waals surface area contributed by atoms with Crippen molar-refractivity contribution in [2.45, 2.75) is 6.61 Å². The maximum atomic E-state index is 11.7. The van der Waals surface area contributed by atoms with Crippen molar-refractivity contribution in [1.82, 2.24) is 5.16 Å². The Hall–Kier alpha value is -3.35. The van der Waals surface area contributed by atoms with Crippen molar-refractivity contribution >= 4 is 12.3 Å². The summed E-state index contributed by atoms with van der Waals surface area (Å²) in [4.78, 5) is 22.2. The number of nitrogens with zero attached hydrogens (tertiary/aromatic N) is 1. The molecule has 7 heteroatoms. The Bertz CT molecular complexity index is 804. The second-order valence-electron chi connectivity index (χ2n) is 4.80. The third-order valence-corrected chi connectivity index (χ3v) is 3.08. The van der Waals surface area contributed by atoms with Crippen LogP contribution in [-0.4, -0.2) is 24.0 Å². The number of rotatable bonds is 7. The summed E-state index contributed by atoms with van der Waals surface area (Å²) >= 11 is 0. The second kappa shape index (κ2) is 7.28. The van der Waals surface area contributed by atoms with Crippen LogP contribution >= 0.6 is 0 Å². The number of hydrogen-bond donors (Lipinski definition) is 0. The molecule has 0 N–H and O–H groups in total. The van der Waals surface area contributed by atoms with Gasteiger partial charge in [0.05, 0.1) is 6.26 Å². The lowest BCUT2D eigenvalue weighted by atomic mass is 10.2. The Morgan fingerprint density at radius 2 is 2.00 bits per heavy atom. The minimum Gasteiger partial charge on any atom is -0.482 e. The molecule has 0 radical (unpaired) electrons. The molecule has 0 bridgehead atoms. The average Bonchev–Trinajstić information content (AvgIpc) is 3.29. The zero-order valence-corrected chi connectivity index (χ0v) is 12.5. The van der Waals surface area contributed by atoms with Gasteiger partial charge in [-0.05, 0) is 36.4 Å². The van der Waals surface area contributed by atoms with E-state index in [4.69, 9.17) is 18.4 Å². The molecular weight excluding hydrogens is 314 g/mol. The molecule has 0 spiro atoms. The highest BCUT2D eigenvalue weighted by molar-refractivity contribution is 5.75. The summed E-state index contributed by atoms with van der Waals surface area (Å²) in [6.45, 7) is -0.278. The standard InChI is InChI=1S/C17H13NO6/c19-9-12-3-5-14(6-4-12)22-11-17(20)23-10-13-8-16(24-18-13)15-2-1-7-21-15/h1-9H,10-11H2. The van der Waals surface area contributed by atoms with Gasteiger partial charge in [0.15, 0.2) is 12.4 Å². The number of furan rings is 1. The summed E-state index contributed by atoms with van der Waals surface area (Å²) in [5, 5.41) is 3.80. The molecular formula is C17H13NO6. The van der Waals surface area contributed by atoms with Crippen LogP contribution in [-0.2, 0) is 16.1 Å². The highest BCUT2D eigenvalue weighted by atomic mass is 16.6. The number of aromatic nitrogens is 1. The van der Waals surface area contributed by atoms with E-state index >= 15 is 0 Å². The Labute approximate surface area is 136 Å². The maximum absolute atomic E-state index is 11.7. The van der Waals surface area contributed by atoms with Gasteiger partial charge in [0.25, 0.3) is 0 Å². The van der Waals surface area contributed by atoms with Crippen LogP contribution in [0.1, 0.15) is 16.1 Å². The molecule has 7 nitrogen and oxygen atoms in total. The number of aldehydes is 1. The fourth-order valence-electron chi connectivity index (χ4n) is 1.90. The van der Waals surface area contributed by atoms with Crippen LogP contribution in [0.3, 0.4) is 0 Å². The van der Waals surface area contributed by atoms with Crippen LogP contribution in [0.25, 0.3) is 11.5 Å². The largest absolute Gasteiger partial charge is 0.482 e. The predicted octanol–water partition coefficient (Wildman–Crippen LogP) is 2.87. The highest BCUT2D eigenvalue weighted by Gasteiger charge is 2.11. The van der Waals surface area contributed by atoms with Crippen molar-refractivity contribution in [3.8, 4) is 17.3 Å². The van der Waals surface area contributed by atoms with Crippen LogP contribution < -0.4 is 4.74 Å². The summed E-state index contributed by atoms with van der Waals surface area (Å²) < 4.78 is 20.6. The lowest BCUT2D eigenvalue weighted by Gasteiger charge is -2.05. The van der Waals surface area contributed by atoms with Gasteiger partial charge >= 0.3 is 5.97 Å². The summed E-state index contributed by atoms with van der Waals surface area (Å²) in [6, 6.07) is 11.5. The Balaban J connectivity index is 1.46. The lowest BCUT2D eigenvalue weighted by molar-refractivity contribution is -0.147. The van der Waals surface area contributed by atoms with Crippen LogP contribution in [0.4, 0.5) is 0 Å². The number of carbonyl (C=O) groups excluding carboxylic acids is 2. The Morgan fingerprint density at radius 3 is 2.71 bits per heavy atom. The van der Waals surface area contributed by atoms with Gasteiger partial charge in [0, 0.05) is 11.6 Å². The van der Waals surface area contributed by atoms with Crippen molar-refractivity contribution in [3.05, 3.63) is 60.0 Å². The fraction of sp³-hybridized carbons (Fsp3) is 0.118. The van der Waals surface area contributed by atoms with Crippen LogP contribution in [0.15, 0.2) is 57.7 Å². The van der Waals surface area contributed by atoms with Gasteiger partial charge in [-0.2, -0.15) is 0 Å². The van der Waals surface area contributed by atoms with Gasteiger partial charge in [-0.25, -0.2) is 4.79 Å². The van der Waals surface area contributed by atoms with E-state index in [1.165, 1.54) is 6.26 Å². The molecule has 24 heavy (non-hydrogen) atoms. The molecule has 2 aromatic heterocycles. The van der Waals surface area contributed by atoms with Crippen molar-refractivity contribution in [3.63, 3.8) is 0 Å². The molecule has 0 unspecified atom stereocenters. The molecule has 0 amide bonds. The molecule has 3 aromatic rings. The van der Waals surface area contributed by atoms with Gasteiger partial charge in [0.2, 0.25) is 5.76 Å². The van der Waals surface area contributed by atoms with E-state index in [0.29, 0.717) is 28.5 Å². The summed E-state index contributed by atoms with van der Waals surface area (Å²) in [5.74, 6) is 0.927. The monoisotopic (exact) mass is 327 g/mol. The van der Waals surface area contributed by atoms with Crippen molar-refractivity contribution in [2.24, 2.45) is 0 Å². The number of hydrogen-bond acceptors (Lipinski definition) is 7. The fourth-order valence-corrected chi connectivity index (χ4v) is 1.90. The molecule has 0 aliphatic carbocycles. The summed E-state index contributed by atoms with van der Waals surface area (Å²) in [6.07, 6.45) is 2.25. The topological polar surface area (TPSA) is 91.8 Å². The van der Waals surface area contributed by atoms with E-state index in [1.807, 2.05) is 0 Å². The molecule has 0 aliphatic heterocycles. The van der Waals surface area contributed by atoms with E-state index in [9.17, 15) is 9.59 Å². The zero-order valence-electron chi connectivity index (χ0n) is 12.5. The van der Waals surface area contributed by atoms with Gasteiger partial charge in [-0.1, -0.05) is 5.16 Å². The molecule has 1 aromatic carbocycles. The first kappa shape index (κ1) is 15.5. The smallest absolute Gasteiger partial charge is 0.344 e. The second-order valence-corrected chi connectivity index (χ2v) is 4.80. The van der Waals surface area contributed by atoms with Crippen molar-refractivity contribution in [2.75, 3.05) is 6.61 Å². The number of carbonyl (C=O) groups is 2. The van der Waals surface area contributed by atoms with E-state index < -0.39 is 5.97 Å². The first-order chi connectivity index (χ1) is 11.7. The molecule has 0 saturated carbocycles. The van der Waals surface area contributed by atoms with Crippen molar-refractivity contribution < 1.29 is 28.0 Å². The number of ether oxygens (including phenoxy) is 2. The third kappa shape index (κ3) is 3.89. The maximum Gasteiger partial charge on any atom is 0.344 e. The quantitative estimate of drug-likeness (QED) is 0.486. The summed E-state index contributed by atoms with van der Waals surface area (Å²) in [5.41, 5.74) is 0.994. The molecule has 0 fully saturated rings. The van der Waals surface area contributed by atoms with Crippen LogP contribution in [0, 0.1) is 0 Å².